The van der Waals surface area contributed by atoms with E-state index in [9.17, 15) is 14.7 Å². The number of aliphatic carboxylic acids is 1. The third-order valence-electron chi connectivity index (χ3n) is 2.86. The molecule has 0 saturated carbocycles. The van der Waals surface area contributed by atoms with Gasteiger partial charge >= 0.3 is 5.97 Å². The zero-order valence-electron chi connectivity index (χ0n) is 9.28. The van der Waals surface area contributed by atoms with E-state index in [2.05, 4.69) is 5.10 Å². The number of rotatable bonds is 2. The number of aromatic nitrogens is 2. The molecule has 1 aliphatic heterocycles. The lowest BCUT2D eigenvalue weighted by atomic mass is 10.2. The highest BCUT2D eigenvalue weighted by molar-refractivity contribution is 5.95. The highest BCUT2D eigenvalue weighted by Gasteiger charge is 2.39. The molecular formula is C10H13N3O4. The zero-order chi connectivity index (χ0) is 12.6. The Morgan fingerprint density at radius 2 is 2.24 bits per heavy atom. The van der Waals surface area contributed by atoms with Gasteiger partial charge in [-0.3, -0.25) is 9.48 Å². The van der Waals surface area contributed by atoms with Crippen LogP contribution in [0.1, 0.15) is 16.9 Å². The first-order valence-electron chi connectivity index (χ1n) is 5.20. The summed E-state index contributed by atoms with van der Waals surface area (Å²) in [6.07, 6.45) is 0.752. The van der Waals surface area contributed by atoms with E-state index in [0.717, 1.165) is 0 Å². The van der Waals surface area contributed by atoms with Crippen molar-refractivity contribution in [3.8, 4) is 0 Å². The van der Waals surface area contributed by atoms with Crippen molar-refractivity contribution in [2.45, 2.75) is 18.6 Å². The number of carbonyl (C=O) groups is 2. The van der Waals surface area contributed by atoms with E-state index in [-0.39, 0.29) is 13.0 Å². The molecule has 2 atom stereocenters. The van der Waals surface area contributed by atoms with Crippen molar-refractivity contribution in [1.82, 2.24) is 14.7 Å². The molecule has 1 fully saturated rings. The number of carboxylic acid groups (broad SMARTS) is 1. The fourth-order valence-electron chi connectivity index (χ4n) is 2.00. The van der Waals surface area contributed by atoms with Crippen molar-refractivity contribution >= 4 is 11.9 Å². The SMILES string of the molecule is Cn1nccc1C(=O)N1C[C@H](O)C[C@@H]1C(=O)O. The molecule has 17 heavy (non-hydrogen) atoms. The summed E-state index contributed by atoms with van der Waals surface area (Å²) < 4.78 is 1.38. The average Bonchev–Trinajstić information content (AvgIpc) is 2.83. The van der Waals surface area contributed by atoms with Gasteiger partial charge in [-0.1, -0.05) is 0 Å². The highest BCUT2D eigenvalue weighted by Crippen LogP contribution is 2.20. The predicted molar refractivity (Wildman–Crippen MR) is 56.3 cm³/mol. The molecule has 1 aliphatic rings. The average molecular weight is 239 g/mol. The van der Waals surface area contributed by atoms with E-state index in [4.69, 9.17) is 5.11 Å². The van der Waals surface area contributed by atoms with Crippen LogP contribution in [-0.2, 0) is 11.8 Å². The lowest BCUT2D eigenvalue weighted by Gasteiger charge is -2.20. The Balaban J connectivity index is 2.25. The standard InChI is InChI=1S/C10H13N3O4/c1-12-7(2-3-11-12)9(15)13-5-6(14)4-8(13)10(16)17/h2-3,6,8,14H,4-5H2,1H3,(H,16,17)/t6-,8-/m1/s1. The Labute approximate surface area is 97.3 Å². The summed E-state index contributed by atoms with van der Waals surface area (Å²) in [7, 11) is 1.61. The van der Waals surface area contributed by atoms with Crippen molar-refractivity contribution in [1.29, 1.82) is 0 Å². The minimum Gasteiger partial charge on any atom is -0.480 e. The second-order valence-electron chi connectivity index (χ2n) is 4.04. The maximum Gasteiger partial charge on any atom is 0.326 e. The Morgan fingerprint density at radius 1 is 1.53 bits per heavy atom. The first-order chi connectivity index (χ1) is 8.00. The van der Waals surface area contributed by atoms with E-state index >= 15 is 0 Å². The lowest BCUT2D eigenvalue weighted by molar-refractivity contribution is -0.141. The summed E-state index contributed by atoms with van der Waals surface area (Å²) in [6, 6.07) is 0.554. The predicted octanol–water partition coefficient (Wildman–Crippen LogP) is -0.920. The van der Waals surface area contributed by atoms with Gasteiger partial charge in [-0.15, -0.1) is 0 Å². The van der Waals surface area contributed by atoms with Gasteiger partial charge in [0, 0.05) is 26.2 Å². The molecule has 0 aliphatic carbocycles. The highest BCUT2D eigenvalue weighted by atomic mass is 16.4. The van der Waals surface area contributed by atoms with Gasteiger partial charge in [0.1, 0.15) is 11.7 Å². The van der Waals surface area contributed by atoms with Gasteiger partial charge in [-0.2, -0.15) is 5.10 Å². The number of aliphatic hydroxyl groups excluding tert-OH is 1. The number of β-amino-alcohol motifs (C(OH)–C–C–N with tert-alkyl or cyclic N) is 1. The maximum atomic E-state index is 12.1. The van der Waals surface area contributed by atoms with Crippen LogP contribution in [0.25, 0.3) is 0 Å². The van der Waals surface area contributed by atoms with Crippen LogP contribution in [0.15, 0.2) is 12.3 Å². The number of hydrogen-bond donors (Lipinski definition) is 2. The molecule has 0 aromatic carbocycles. The van der Waals surface area contributed by atoms with E-state index in [0.29, 0.717) is 5.69 Å². The molecule has 0 unspecified atom stereocenters. The normalized spacial score (nSPS) is 24.0. The fourth-order valence-corrected chi connectivity index (χ4v) is 2.00. The maximum absolute atomic E-state index is 12.1. The first-order valence-corrected chi connectivity index (χ1v) is 5.20. The van der Waals surface area contributed by atoms with Crippen LogP contribution in [0.4, 0.5) is 0 Å². The van der Waals surface area contributed by atoms with E-state index in [1.807, 2.05) is 0 Å². The van der Waals surface area contributed by atoms with Gasteiger partial charge in [0.2, 0.25) is 0 Å². The Hall–Kier alpha value is -1.89. The van der Waals surface area contributed by atoms with Gasteiger partial charge in [-0.05, 0) is 6.07 Å². The van der Waals surface area contributed by atoms with Crippen molar-refractivity contribution in [3.63, 3.8) is 0 Å². The number of carbonyl (C=O) groups excluding carboxylic acids is 1. The van der Waals surface area contributed by atoms with Gasteiger partial charge in [0.25, 0.3) is 5.91 Å². The molecule has 1 aromatic rings. The molecule has 1 aromatic heterocycles. The van der Waals surface area contributed by atoms with Crippen LogP contribution in [-0.4, -0.2) is 55.5 Å². The molecule has 2 N–H and O–H groups in total. The van der Waals surface area contributed by atoms with Crippen molar-refractivity contribution < 1.29 is 19.8 Å². The smallest absolute Gasteiger partial charge is 0.326 e. The number of aryl methyl sites for hydroxylation is 1. The third kappa shape index (κ3) is 2.01. The molecular weight excluding hydrogens is 226 g/mol. The molecule has 2 rings (SSSR count). The lowest BCUT2D eigenvalue weighted by Crippen LogP contribution is -2.41. The van der Waals surface area contributed by atoms with Crippen LogP contribution in [0.5, 0.6) is 0 Å². The Bertz CT molecular complexity index is 456. The quantitative estimate of drug-likeness (QED) is 0.696. The largest absolute Gasteiger partial charge is 0.480 e. The summed E-state index contributed by atoms with van der Waals surface area (Å²) in [5.41, 5.74) is 0.311. The monoisotopic (exact) mass is 239 g/mol. The van der Waals surface area contributed by atoms with E-state index in [1.165, 1.54) is 21.8 Å². The van der Waals surface area contributed by atoms with Crippen LogP contribution in [0.2, 0.25) is 0 Å². The van der Waals surface area contributed by atoms with Gasteiger partial charge in [-0.25, -0.2) is 4.79 Å². The summed E-state index contributed by atoms with van der Waals surface area (Å²) >= 11 is 0. The second kappa shape index (κ2) is 4.17. The number of likely N-dealkylation sites (tertiary alicyclic amines) is 1. The van der Waals surface area contributed by atoms with Gasteiger partial charge in [0.15, 0.2) is 0 Å². The van der Waals surface area contributed by atoms with Crippen molar-refractivity contribution in [3.05, 3.63) is 18.0 Å². The number of aliphatic hydroxyl groups is 1. The molecule has 1 saturated heterocycles. The van der Waals surface area contributed by atoms with E-state index < -0.39 is 24.0 Å². The second-order valence-corrected chi connectivity index (χ2v) is 4.04. The van der Waals surface area contributed by atoms with Crippen LogP contribution < -0.4 is 0 Å². The fraction of sp³-hybridized carbons (Fsp3) is 0.500. The Kier molecular flexibility index (Phi) is 2.84. The van der Waals surface area contributed by atoms with Crippen LogP contribution >= 0.6 is 0 Å². The van der Waals surface area contributed by atoms with Crippen molar-refractivity contribution in [2.24, 2.45) is 7.05 Å². The summed E-state index contributed by atoms with van der Waals surface area (Å²) in [6.45, 7) is 0.0426. The minimum atomic E-state index is -1.10. The van der Waals surface area contributed by atoms with E-state index in [1.54, 1.807) is 7.05 Å². The summed E-state index contributed by atoms with van der Waals surface area (Å²) in [4.78, 5) is 24.2. The molecule has 92 valence electrons. The molecule has 0 radical (unpaired) electrons. The van der Waals surface area contributed by atoms with Crippen molar-refractivity contribution in [2.75, 3.05) is 6.54 Å². The summed E-state index contributed by atoms with van der Waals surface area (Å²) in [5.74, 6) is -1.52. The van der Waals surface area contributed by atoms with Crippen LogP contribution in [0.3, 0.4) is 0 Å². The molecule has 0 bridgehead atoms. The number of hydrogen-bond acceptors (Lipinski definition) is 4. The summed E-state index contributed by atoms with van der Waals surface area (Å²) in [5, 5.41) is 22.3. The first kappa shape index (κ1) is 11.6. The number of nitrogens with zero attached hydrogens (tertiary/aromatic N) is 3. The third-order valence-corrected chi connectivity index (χ3v) is 2.86. The molecule has 7 nitrogen and oxygen atoms in total. The molecule has 1 amide bonds. The molecule has 0 spiro atoms. The zero-order valence-corrected chi connectivity index (χ0v) is 9.28. The van der Waals surface area contributed by atoms with Gasteiger partial charge in [0.05, 0.1) is 6.10 Å². The topological polar surface area (TPSA) is 95.7 Å². The Morgan fingerprint density at radius 3 is 2.76 bits per heavy atom. The number of amides is 1. The minimum absolute atomic E-state index is 0.0426. The van der Waals surface area contributed by atoms with Crippen LogP contribution in [0, 0.1) is 0 Å². The molecule has 2 heterocycles. The molecule has 7 heteroatoms. The number of carboxylic acids is 1. The van der Waals surface area contributed by atoms with Gasteiger partial charge < -0.3 is 15.1 Å².